The third kappa shape index (κ3) is 6.06. The molecular formula is C28H26N2O6S. The van der Waals surface area contributed by atoms with Gasteiger partial charge in [-0.2, -0.15) is 0 Å². The number of hydrogen-bond acceptors (Lipinski definition) is 7. The summed E-state index contributed by atoms with van der Waals surface area (Å²) < 4.78 is 17.7. The number of carbonyl (C=O) groups excluding carboxylic acids is 3. The number of thioether (sulfide) groups is 1. The van der Waals surface area contributed by atoms with E-state index in [1.54, 1.807) is 17.0 Å². The van der Waals surface area contributed by atoms with E-state index in [9.17, 15) is 14.4 Å². The normalized spacial score (nSPS) is 16.7. The van der Waals surface area contributed by atoms with Crippen LogP contribution in [0.1, 0.15) is 27.9 Å². The second kappa shape index (κ2) is 11.4. The van der Waals surface area contributed by atoms with E-state index < -0.39 is 0 Å². The van der Waals surface area contributed by atoms with Gasteiger partial charge < -0.3 is 19.1 Å². The van der Waals surface area contributed by atoms with Gasteiger partial charge in [0, 0.05) is 6.54 Å². The number of para-hydroxylation sites is 1. The molecule has 3 amide bonds. The van der Waals surface area contributed by atoms with Gasteiger partial charge in [0.25, 0.3) is 11.1 Å². The zero-order chi connectivity index (χ0) is 25.6. The van der Waals surface area contributed by atoms with Crippen molar-refractivity contribution in [3.05, 3.63) is 89.5 Å². The van der Waals surface area contributed by atoms with Crippen molar-refractivity contribution in [3.63, 3.8) is 0 Å². The molecule has 37 heavy (non-hydrogen) atoms. The predicted molar refractivity (Wildman–Crippen MR) is 139 cm³/mol. The maximum absolute atomic E-state index is 13.0. The molecule has 1 N–H and O–H groups in total. The molecule has 0 radical (unpaired) electrons. The van der Waals surface area contributed by atoms with Crippen LogP contribution in [0.2, 0.25) is 0 Å². The first-order chi connectivity index (χ1) is 18.1. The highest BCUT2D eigenvalue weighted by Gasteiger charge is 2.31. The zero-order valence-electron chi connectivity index (χ0n) is 20.1. The highest BCUT2D eigenvalue weighted by atomic mass is 32.2. The fraction of sp³-hybridized carbons (Fsp3) is 0.250. The molecule has 0 aliphatic carbocycles. The lowest BCUT2D eigenvalue weighted by atomic mass is 10.1. The Labute approximate surface area is 218 Å². The Morgan fingerprint density at radius 3 is 2.49 bits per heavy atom. The van der Waals surface area contributed by atoms with Crippen molar-refractivity contribution in [1.82, 2.24) is 10.2 Å². The first-order valence-corrected chi connectivity index (χ1v) is 12.9. The van der Waals surface area contributed by atoms with Crippen molar-refractivity contribution in [1.29, 1.82) is 0 Å². The van der Waals surface area contributed by atoms with Crippen LogP contribution in [0, 0.1) is 0 Å². The quantitative estimate of drug-likeness (QED) is 0.397. The fourth-order valence-electron chi connectivity index (χ4n) is 4.13. The highest BCUT2D eigenvalue weighted by molar-refractivity contribution is 8.15. The summed E-state index contributed by atoms with van der Waals surface area (Å²) in [6.07, 6.45) is 1.12. The molecule has 2 aliphatic rings. The molecule has 0 aromatic heterocycles. The number of amides is 3. The lowest BCUT2D eigenvalue weighted by molar-refractivity contribution is -0.118. The van der Waals surface area contributed by atoms with Gasteiger partial charge in [0.05, 0.1) is 17.4 Å². The van der Waals surface area contributed by atoms with Gasteiger partial charge in [-0.25, -0.2) is 0 Å². The number of ether oxygens (including phenoxy) is 3. The summed E-state index contributed by atoms with van der Waals surface area (Å²) in [5, 5.41) is 1.61. The molecule has 1 atom stereocenters. The van der Waals surface area contributed by atoms with E-state index in [1.807, 2.05) is 60.7 Å². The van der Waals surface area contributed by atoms with Crippen LogP contribution in [0.4, 0.5) is 4.79 Å². The second-order valence-electron chi connectivity index (χ2n) is 8.68. The van der Waals surface area contributed by atoms with Crippen LogP contribution in [-0.2, 0) is 17.8 Å². The average Bonchev–Trinajstić information content (AvgIpc) is 3.24. The van der Waals surface area contributed by atoms with Gasteiger partial charge in [-0.15, -0.1) is 0 Å². The predicted octanol–water partition coefficient (Wildman–Crippen LogP) is 4.42. The molecule has 0 saturated carbocycles. The zero-order valence-corrected chi connectivity index (χ0v) is 20.9. The van der Waals surface area contributed by atoms with Crippen molar-refractivity contribution >= 4 is 28.8 Å². The van der Waals surface area contributed by atoms with Crippen molar-refractivity contribution in [2.24, 2.45) is 0 Å². The summed E-state index contributed by atoms with van der Waals surface area (Å²) in [6.45, 7) is 1.48. The minimum absolute atomic E-state index is 0.0944. The van der Waals surface area contributed by atoms with Crippen LogP contribution < -0.4 is 19.5 Å². The molecule has 8 nitrogen and oxygen atoms in total. The van der Waals surface area contributed by atoms with E-state index >= 15 is 0 Å². The number of imide groups is 1. The van der Waals surface area contributed by atoms with Gasteiger partial charge in [-0.3, -0.25) is 19.7 Å². The minimum Gasteiger partial charge on any atom is -0.494 e. The summed E-state index contributed by atoms with van der Waals surface area (Å²) in [5.74, 6) is 1.40. The van der Waals surface area contributed by atoms with E-state index in [2.05, 4.69) is 5.32 Å². The Morgan fingerprint density at radius 1 is 0.919 bits per heavy atom. The minimum atomic E-state index is -0.389. The van der Waals surface area contributed by atoms with Crippen LogP contribution >= 0.6 is 11.8 Å². The number of hydrogen-bond donors (Lipinski definition) is 1. The van der Waals surface area contributed by atoms with E-state index in [0.717, 1.165) is 22.9 Å². The number of benzene rings is 3. The number of fused-ring (bicyclic) bond motifs is 1. The van der Waals surface area contributed by atoms with E-state index in [0.29, 0.717) is 55.4 Å². The summed E-state index contributed by atoms with van der Waals surface area (Å²) in [7, 11) is 0. The van der Waals surface area contributed by atoms with Crippen molar-refractivity contribution in [2.75, 3.05) is 19.9 Å². The first kappa shape index (κ1) is 24.7. The maximum Gasteiger partial charge on any atom is 0.286 e. The summed E-state index contributed by atoms with van der Waals surface area (Å²) >= 11 is 1.02. The monoisotopic (exact) mass is 518 g/mol. The highest BCUT2D eigenvalue weighted by Crippen LogP contribution is 2.35. The van der Waals surface area contributed by atoms with E-state index in [1.165, 1.54) is 0 Å². The van der Waals surface area contributed by atoms with Crippen LogP contribution in [0.25, 0.3) is 0 Å². The summed E-state index contributed by atoms with van der Waals surface area (Å²) in [5.41, 5.74) is 2.48. The Balaban J connectivity index is 1.08. The van der Waals surface area contributed by atoms with Crippen LogP contribution in [-0.4, -0.2) is 47.1 Å². The second-order valence-corrected chi connectivity index (χ2v) is 9.86. The Morgan fingerprint density at radius 2 is 1.73 bits per heavy atom. The van der Waals surface area contributed by atoms with E-state index in [-0.39, 0.29) is 29.0 Å². The maximum atomic E-state index is 13.0. The van der Waals surface area contributed by atoms with Crippen molar-refractivity contribution < 1.29 is 28.6 Å². The number of nitrogens with one attached hydrogen (secondary N) is 1. The van der Waals surface area contributed by atoms with Crippen molar-refractivity contribution in [2.45, 2.75) is 24.7 Å². The number of carbonyl (C=O) groups is 3. The average molecular weight is 519 g/mol. The largest absolute Gasteiger partial charge is 0.494 e. The molecular weight excluding hydrogens is 492 g/mol. The molecule has 1 saturated heterocycles. The van der Waals surface area contributed by atoms with Gasteiger partial charge >= 0.3 is 0 Å². The summed E-state index contributed by atoms with van der Waals surface area (Å²) in [4.78, 5) is 37.7. The molecule has 2 heterocycles. The van der Waals surface area contributed by atoms with Gasteiger partial charge in [-0.1, -0.05) is 60.3 Å². The molecule has 190 valence electrons. The third-order valence-corrected chi connectivity index (χ3v) is 7.03. The van der Waals surface area contributed by atoms with E-state index in [4.69, 9.17) is 14.2 Å². The van der Waals surface area contributed by atoms with Crippen molar-refractivity contribution in [3.8, 4) is 17.2 Å². The molecule has 1 fully saturated rings. The Hall–Kier alpha value is -3.98. The standard InChI is InChI=1S/C28H26N2O6S/c31-26-24(37-28(33)29-26)16-19-10-12-21(13-11-19)34-15-5-14-30-18-36-25-22(27(30)32)8-4-9-23(25)35-17-20-6-2-1-3-7-20/h1-4,6-13,24H,5,14-18H2,(H,29,31,33). The molecule has 2 aliphatic heterocycles. The number of rotatable bonds is 10. The van der Waals surface area contributed by atoms with Gasteiger partial charge in [0.15, 0.2) is 18.2 Å². The lowest BCUT2D eigenvalue weighted by Gasteiger charge is -2.29. The molecule has 3 aromatic carbocycles. The first-order valence-electron chi connectivity index (χ1n) is 12.0. The summed E-state index contributed by atoms with van der Waals surface area (Å²) in [6, 6.07) is 22.7. The Bertz CT molecular complexity index is 1280. The van der Waals surface area contributed by atoms with Gasteiger partial charge in [-0.05, 0) is 48.2 Å². The Kier molecular flexibility index (Phi) is 7.60. The smallest absolute Gasteiger partial charge is 0.286 e. The topological polar surface area (TPSA) is 94.2 Å². The molecule has 9 heteroatoms. The van der Waals surface area contributed by atoms with Crippen LogP contribution in [0.5, 0.6) is 17.2 Å². The number of nitrogens with zero attached hydrogens (tertiary/aromatic N) is 1. The SMILES string of the molecule is O=C1NC(=O)C(Cc2ccc(OCCCN3COc4c(OCc5ccccc5)cccc4C3=O)cc2)S1. The molecule has 0 bridgehead atoms. The van der Waals surface area contributed by atoms with Crippen LogP contribution in [0.3, 0.4) is 0 Å². The molecule has 5 rings (SSSR count). The van der Waals surface area contributed by atoms with Gasteiger partial charge in [0.1, 0.15) is 12.4 Å². The molecule has 1 unspecified atom stereocenters. The molecule has 0 spiro atoms. The third-order valence-electron chi connectivity index (χ3n) is 6.05. The fourth-order valence-corrected chi connectivity index (χ4v) is 4.99. The molecule has 3 aromatic rings. The van der Waals surface area contributed by atoms with Crippen LogP contribution in [0.15, 0.2) is 72.8 Å². The van der Waals surface area contributed by atoms with Gasteiger partial charge in [0.2, 0.25) is 5.91 Å². The lowest BCUT2D eigenvalue weighted by Crippen LogP contribution is -2.39.